The van der Waals surface area contributed by atoms with Gasteiger partial charge in [0.05, 0.1) is 11.2 Å². The molecule has 0 radical (unpaired) electrons. The van der Waals surface area contributed by atoms with Crippen molar-refractivity contribution in [3.63, 3.8) is 0 Å². The minimum atomic E-state index is -4.05. The minimum Gasteiger partial charge on any atom is -0.459 e. The van der Waals surface area contributed by atoms with Gasteiger partial charge in [-0.05, 0) is 48.0 Å². The quantitative estimate of drug-likeness (QED) is 0.491. The zero-order chi connectivity index (χ0) is 19.6. The normalized spacial score (nSPS) is 11.5. The van der Waals surface area contributed by atoms with Gasteiger partial charge in [-0.2, -0.15) is 4.98 Å². The number of sulfone groups is 1. The van der Waals surface area contributed by atoms with Gasteiger partial charge in [-0.1, -0.05) is 6.07 Å². The van der Waals surface area contributed by atoms with Crippen LogP contribution < -0.4 is 5.32 Å². The van der Waals surface area contributed by atoms with E-state index in [4.69, 9.17) is 8.83 Å². The molecule has 7 nitrogen and oxygen atoms in total. The van der Waals surface area contributed by atoms with Crippen LogP contribution in [0.25, 0.3) is 11.7 Å². The minimum absolute atomic E-state index is 0.0133. The number of nitrogens with zero attached hydrogens (tertiary/aromatic N) is 2. The predicted molar refractivity (Wildman–Crippen MR) is 97.6 cm³/mol. The molecule has 0 saturated heterocycles. The van der Waals surface area contributed by atoms with Crippen LogP contribution in [0.1, 0.15) is 5.56 Å². The lowest BCUT2D eigenvalue weighted by Gasteiger charge is -2.06. The van der Waals surface area contributed by atoms with Crippen molar-refractivity contribution in [2.45, 2.75) is 16.5 Å². The maximum absolute atomic E-state index is 13.2. The molecule has 0 aliphatic carbocycles. The number of hydrogen-bond acceptors (Lipinski definition) is 7. The van der Waals surface area contributed by atoms with Crippen LogP contribution in [-0.4, -0.2) is 18.4 Å². The van der Waals surface area contributed by atoms with Crippen LogP contribution in [0.15, 0.2) is 85.9 Å². The smallest absolute Gasteiger partial charge is 0.266 e. The van der Waals surface area contributed by atoms with Crippen molar-refractivity contribution in [2.75, 3.05) is 5.32 Å². The van der Waals surface area contributed by atoms with E-state index in [0.29, 0.717) is 0 Å². The topological polar surface area (TPSA) is 98.2 Å². The van der Waals surface area contributed by atoms with Crippen molar-refractivity contribution in [3.8, 4) is 11.7 Å². The molecule has 0 fully saturated rings. The van der Waals surface area contributed by atoms with Crippen LogP contribution in [0.5, 0.6) is 0 Å². The van der Waals surface area contributed by atoms with Gasteiger partial charge in [0.2, 0.25) is 20.7 Å². The van der Waals surface area contributed by atoms with Crippen molar-refractivity contribution in [2.24, 2.45) is 0 Å². The Morgan fingerprint density at radius 3 is 2.57 bits per heavy atom. The van der Waals surface area contributed by atoms with Crippen molar-refractivity contribution >= 4 is 15.7 Å². The van der Waals surface area contributed by atoms with Gasteiger partial charge in [0.25, 0.3) is 5.89 Å². The summed E-state index contributed by atoms with van der Waals surface area (Å²) in [6.45, 7) is 0.270. The van der Waals surface area contributed by atoms with Gasteiger partial charge in [-0.25, -0.2) is 12.8 Å². The number of aromatic nitrogens is 2. The number of furan rings is 1. The second-order valence-electron chi connectivity index (χ2n) is 5.80. The number of oxazole rings is 1. The lowest BCUT2D eigenvalue weighted by molar-refractivity contribution is 0.522. The zero-order valence-electron chi connectivity index (χ0n) is 14.4. The predicted octanol–water partition coefficient (Wildman–Crippen LogP) is 3.91. The summed E-state index contributed by atoms with van der Waals surface area (Å²) in [6, 6.07) is 11.3. The molecule has 3 heterocycles. The fourth-order valence-corrected chi connectivity index (χ4v) is 3.79. The van der Waals surface area contributed by atoms with E-state index < -0.39 is 15.7 Å². The third-order valence-electron chi connectivity index (χ3n) is 3.88. The summed E-state index contributed by atoms with van der Waals surface area (Å²) < 4.78 is 50.1. The number of rotatable bonds is 6. The molecule has 0 spiro atoms. The lowest BCUT2D eigenvalue weighted by Crippen LogP contribution is -2.07. The molecule has 0 aliphatic heterocycles. The Kier molecular flexibility index (Phi) is 4.66. The molecule has 0 saturated carbocycles. The van der Waals surface area contributed by atoms with Gasteiger partial charge in [0.15, 0.2) is 5.76 Å². The fourth-order valence-electron chi connectivity index (χ4n) is 2.52. The van der Waals surface area contributed by atoms with Gasteiger partial charge in [0, 0.05) is 18.9 Å². The summed E-state index contributed by atoms with van der Waals surface area (Å²) in [6.07, 6.45) is 4.71. The molecule has 0 aliphatic rings. The molecule has 4 aromatic rings. The first-order valence-electron chi connectivity index (χ1n) is 8.22. The van der Waals surface area contributed by atoms with Crippen LogP contribution in [0, 0.1) is 5.82 Å². The molecule has 1 N–H and O–H groups in total. The second-order valence-corrected chi connectivity index (χ2v) is 7.67. The Labute approximate surface area is 159 Å². The first-order chi connectivity index (χ1) is 13.5. The van der Waals surface area contributed by atoms with Gasteiger partial charge < -0.3 is 14.2 Å². The summed E-state index contributed by atoms with van der Waals surface area (Å²) in [5.74, 6) is -0.283. The van der Waals surface area contributed by atoms with E-state index in [1.165, 1.54) is 18.4 Å². The number of halogens is 1. The highest BCUT2D eigenvalue weighted by atomic mass is 32.2. The fraction of sp³-hybridized carbons (Fsp3) is 0.0526. The highest BCUT2D eigenvalue weighted by Crippen LogP contribution is 2.32. The van der Waals surface area contributed by atoms with Crippen LogP contribution in [0.4, 0.5) is 10.3 Å². The Bertz CT molecular complexity index is 1170. The number of benzene rings is 1. The molecule has 9 heteroatoms. The van der Waals surface area contributed by atoms with E-state index in [1.807, 2.05) is 6.07 Å². The molecule has 0 atom stereocenters. The van der Waals surface area contributed by atoms with E-state index in [9.17, 15) is 12.8 Å². The summed E-state index contributed by atoms with van der Waals surface area (Å²) in [5, 5.41) is 2.62. The first-order valence-corrected chi connectivity index (χ1v) is 9.70. The van der Waals surface area contributed by atoms with E-state index in [1.54, 1.807) is 30.6 Å². The van der Waals surface area contributed by atoms with E-state index in [-0.39, 0.29) is 34.0 Å². The molecular formula is C19H14FN3O4S. The summed E-state index contributed by atoms with van der Waals surface area (Å²) >= 11 is 0. The summed E-state index contributed by atoms with van der Waals surface area (Å²) in [5.41, 5.74) is 0.823. The Morgan fingerprint density at radius 2 is 1.89 bits per heavy atom. The third-order valence-corrected chi connectivity index (χ3v) is 5.56. The largest absolute Gasteiger partial charge is 0.459 e. The number of anilines is 1. The average Bonchev–Trinajstić information content (AvgIpc) is 3.37. The zero-order valence-corrected chi connectivity index (χ0v) is 15.2. The SMILES string of the molecule is O=S(=O)(c1ccc(F)cc1)c1nc(-c2ccco2)oc1NCc1cccnc1. The second kappa shape index (κ2) is 7.28. The molecule has 0 amide bonds. The number of hydrogen-bond donors (Lipinski definition) is 1. The van der Waals surface area contributed by atoms with Crippen molar-refractivity contribution in [1.82, 2.24) is 9.97 Å². The van der Waals surface area contributed by atoms with Crippen molar-refractivity contribution in [1.29, 1.82) is 0 Å². The molecule has 3 aromatic heterocycles. The summed E-state index contributed by atoms with van der Waals surface area (Å²) in [7, 11) is -4.05. The van der Waals surface area contributed by atoms with Gasteiger partial charge in [-0.15, -0.1) is 0 Å². The standard InChI is InChI=1S/C19H14FN3O4S/c20-14-5-7-15(8-6-14)28(24,25)19-18(22-12-13-3-1-9-21-11-13)27-17(23-19)16-4-2-10-26-16/h1-11,22H,12H2. The first kappa shape index (κ1) is 17.9. The highest BCUT2D eigenvalue weighted by Gasteiger charge is 2.29. The average molecular weight is 399 g/mol. The molecule has 28 heavy (non-hydrogen) atoms. The molecule has 0 unspecified atom stereocenters. The van der Waals surface area contributed by atoms with E-state index in [0.717, 1.165) is 17.7 Å². The van der Waals surface area contributed by atoms with Crippen molar-refractivity contribution in [3.05, 3.63) is 78.6 Å². The van der Waals surface area contributed by atoms with Crippen LogP contribution >= 0.6 is 0 Å². The Balaban J connectivity index is 1.74. The van der Waals surface area contributed by atoms with Crippen LogP contribution in [-0.2, 0) is 16.4 Å². The molecule has 0 bridgehead atoms. The Hall–Kier alpha value is -3.46. The van der Waals surface area contributed by atoms with Crippen LogP contribution in [0.2, 0.25) is 0 Å². The summed E-state index contributed by atoms with van der Waals surface area (Å²) in [4.78, 5) is 8.03. The lowest BCUT2D eigenvalue weighted by atomic mass is 10.3. The third kappa shape index (κ3) is 3.52. The van der Waals surface area contributed by atoms with E-state index in [2.05, 4.69) is 15.3 Å². The maximum Gasteiger partial charge on any atom is 0.266 e. The van der Waals surface area contributed by atoms with Gasteiger partial charge >= 0.3 is 0 Å². The van der Waals surface area contributed by atoms with Crippen LogP contribution in [0.3, 0.4) is 0 Å². The van der Waals surface area contributed by atoms with Gasteiger partial charge in [-0.3, -0.25) is 4.98 Å². The molecule has 1 aromatic carbocycles. The monoisotopic (exact) mass is 399 g/mol. The van der Waals surface area contributed by atoms with Gasteiger partial charge in [0.1, 0.15) is 5.82 Å². The number of pyridine rings is 1. The maximum atomic E-state index is 13.2. The Morgan fingerprint density at radius 1 is 1.07 bits per heavy atom. The number of nitrogens with one attached hydrogen (secondary N) is 1. The highest BCUT2D eigenvalue weighted by molar-refractivity contribution is 7.91. The molecule has 142 valence electrons. The van der Waals surface area contributed by atoms with E-state index >= 15 is 0 Å². The van der Waals surface area contributed by atoms with Crippen molar-refractivity contribution < 1.29 is 21.6 Å². The molecule has 4 rings (SSSR count). The molecular weight excluding hydrogens is 385 g/mol.